The Bertz CT molecular complexity index is 1050. The number of hydrogen-bond donors (Lipinski definition) is 0. The molecule has 1 aromatic carbocycles. The number of pyridine rings is 1. The number of fused-ring (bicyclic) bond motifs is 1. The lowest BCUT2D eigenvalue weighted by molar-refractivity contribution is -0.325. The number of alkyl halides is 3. The number of nitrogens with zero attached hydrogens (tertiary/aromatic N) is 2. The molecule has 1 amide bonds. The van der Waals surface area contributed by atoms with Crippen molar-refractivity contribution in [1.29, 1.82) is 0 Å². The van der Waals surface area contributed by atoms with E-state index in [1.54, 1.807) is 24.0 Å². The molecule has 35 heavy (non-hydrogen) atoms. The Morgan fingerprint density at radius 1 is 1.23 bits per heavy atom. The fraction of sp³-hybridized carbons (Fsp3) is 0.478. The Morgan fingerprint density at radius 3 is 2.80 bits per heavy atom. The van der Waals surface area contributed by atoms with Gasteiger partial charge in [0.15, 0.2) is 5.75 Å². The molecule has 2 fully saturated rings. The molecule has 0 radical (unpaired) electrons. The third-order valence-corrected chi connectivity index (χ3v) is 5.78. The number of rotatable bonds is 8. The van der Waals surface area contributed by atoms with E-state index in [-0.39, 0.29) is 55.6 Å². The number of ether oxygens (including phenoxy) is 5. The quantitative estimate of drug-likeness (QED) is 0.405. The Hall–Kier alpha value is -2.96. The largest absolute Gasteiger partial charge is 0.522 e. The number of carbonyl (C=O) groups is 1. The topological polar surface area (TPSA) is 79.4 Å². The van der Waals surface area contributed by atoms with Crippen LogP contribution in [0.3, 0.4) is 0 Å². The number of hydrogen-bond acceptors (Lipinski definition) is 7. The highest BCUT2D eigenvalue weighted by atomic mass is 19.4. The number of aromatic nitrogens is 1. The molecule has 2 aromatic rings. The maximum Gasteiger partial charge on any atom is 0.522 e. The predicted octanol–water partition coefficient (Wildman–Crippen LogP) is 3.65. The van der Waals surface area contributed by atoms with Gasteiger partial charge in [0.25, 0.3) is 11.8 Å². The van der Waals surface area contributed by atoms with Crippen LogP contribution in [-0.2, 0) is 19.8 Å². The normalized spacial score (nSPS) is 22.1. The lowest BCUT2D eigenvalue weighted by Crippen LogP contribution is -2.53. The monoisotopic (exact) mass is 500 g/mol. The molecular weight excluding hydrogens is 476 g/mol. The highest BCUT2D eigenvalue weighted by Gasteiger charge is 2.51. The van der Waals surface area contributed by atoms with E-state index in [0.29, 0.717) is 18.5 Å². The number of piperidine rings is 1. The van der Waals surface area contributed by atoms with E-state index in [9.17, 15) is 22.4 Å². The highest BCUT2D eigenvalue weighted by Crippen LogP contribution is 2.43. The van der Waals surface area contributed by atoms with Gasteiger partial charge in [0.05, 0.1) is 19.8 Å². The second-order valence-electron chi connectivity index (χ2n) is 7.89. The minimum Gasteiger partial charge on any atom is -0.486 e. The number of likely N-dealkylation sites (tertiary alicyclic amines) is 1. The second kappa shape index (κ2) is 10.3. The van der Waals surface area contributed by atoms with Crippen LogP contribution in [-0.4, -0.2) is 68.0 Å². The van der Waals surface area contributed by atoms with Crippen LogP contribution in [0.1, 0.15) is 29.4 Å². The van der Waals surface area contributed by atoms with E-state index in [1.165, 1.54) is 24.3 Å². The van der Waals surface area contributed by atoms with E-state index in [1.807, 2.05) is 0 Å². The van der Waals surface area contributed by atoms with Gasteiger partial charge in [-0.2, -0.15) is 0 Å². The minimum atomic E-state index is -4.75. The van der Waals surface area contributed by atoms with Crippen molar-refractivity contribution in [3.63, 3.8) is 0 Å². The average Bonchev–Trinajstić information content (AvgIpc) is 3.26. The molecule has 1 aromatic heterocycles. The third kappa shape index (κ3) is 5.65. The van der Waals surface area contributed by atoms with E-state index >= 15 is 0 Å². The number of amides is 1. The molecule has 0 bridgehead atoms. The summed E-state index contributed by atoms with van der Waals surface area (Å²) in [6, 6.07) is 8.96. The fourth-order valence-corrected chi connectivity index (χ4v) is 4.19. The third-order valence-electron chi connectivity index (χ3n) is 5.78. The molecule has 8 nitrogen and oxygen atoms in total. The first-order chi connectivity index (χ1) is 16.7. The van der Waals surface area contributed by atoms with Gasteiger partial charge in [-0.25, -0.2) is 9.37 Å². The Kier molecular flexibility index (Phi) is 7.43. The zero-order chi connectivity index (χ0) is 25.1. The zero-order valence-electron chi connectivity index (χ0n) is 18.8. The van der Waals surface area contributed by atoms with Crippen LogP contribution in [0.4, 0.5) is 17.6 Å². The van der Waals surface area contributed by atoms with Crippen LogP contribution >= 0.6 is 0 Å². The van der Waals surface area contributed by atoms with E-state index in [2.05, 4.69) is 9.72 Å². The molecule has 0 spiro atoms. The van der Waals surface area contributed by atoms with Crippen molar-refractivity contribution in [3.8, 4) is 11.6 Å². The van der Waals surface area contributed by atoms with Crippen LogP contribution in [0.25, 0.3) is 0 Å². The van der Waals surface area contributed by atoms with Gasteiger partial charge < -0.3 is 23.8 Å². The SMILES string of the molecule is CCOc1nc(C(=O)N2CCC3(c4cccc(F)c4)OCOC3C2)ccc1OCCOC(F)(F)F. The zero-order valence-corrected chi connectivity index (χ0v) is 18.8. The van der Waals surface area contributed by atoms with E-state index < -0.39 is 24.7 Å². The maximum absolute atomic E-state index is 13.8. The molecule has 190 valence electrons. The molecule has 3 heterocycles. The van der Waals surface area contributed by atoms with Gasteiger partial charge in [-0.3, -0.25) is 9.53 Å². The van der Waals surface area contributed by atoms with E-state index in [4.69, 9.17) is 18.9 Å². The molecule has 2 atom stereocenters. The molecule has 0 N–H and O–H groups in total. The van der Waals surface area contributed by atoms with Crippen molar-refractivity contribution in [3.05, 3.63) is 53.5 Å². The van der Waals surface area contributed by atoms with Gasteiger partial charge in [-0.1, -0.05) is 12.1 Å². The number of carbonyl (C=O) groups excluding carboxylic acids is 1. The molecule has 0 aliphatic carbocycles. The van der Waals surface area contributed by atoms with Crippen LogP contribution in [0.2, 0.25) is 0 Å². The van der Waals surface area contributed by atoms with E-state index in [0.717, 1.165) is 0 Å². The summed E-state index contributed by atoms with van der Waals surface area (Å²) in [7, 11) is 0. The smallest absolute Gasteiger partial charge is 0.486 e. The molecule has 2 saturated heterocycles. The van der Waals surface area contributed by atoms with Gasteiger partial charge in [0.1, 0.15) is 36.6 Å². The molecule has 0 saturated carbocycles. The number of halogens is 4. The van der Waals surface area contributed by atoms with Crippen LogP contribution in [0.15, 0.2) is 36.4 Å². The first-order valence-electron chi connectivity index (χ1n) is 11.0. The Morgan fingerprint density at radius 2 is 2.06 bits per heavy atom. The summed E-state index contributed by atoms with van der Waals surface area (Å²) in [4.78, 5) is 19.0. The summed E-state index contributed by atoms with van der Waals surface area (Å²) < 4.78 is 76.2. The summed E-state index contributed by atoms with van der Waals surface area (Å²) in [6.45, 7) is 1.35. The molecule has 2 aliphatic heterocycles. The standard InChI is InChI=1S/C23H24F4N2O6/c1-2-31-20-18(32-10-11-34-23(25,26)27)7-6-17(28-20)21(30)29-9-8-22(19(13-29)33-14-35-22)15-4-3-5-16(24)12-15/h3-7,12,19H,2,8-11,13-14H2,1H3. The molecule has 4 rings (SSSR count). The minimum absolute atomic E-state index is 0.0167. The first-order valence-corrected chi connectivity index (χ1v) is 11.0. The summed E-state index contributed by atoms with van der Waals surface area (Å²) in [6.07, 6.45) is -4.86. The van der Waals surface area contributed by atoms with Crippen molar-refractivity contribution in [2.24, 2.45) is 0 Å². The predicted molar refractivity (Wildman–Crippen MR) is 112 cm³/mol. The van der Waals surface area contributed by atoms with Crippen LogP contribution in [0.5, 0.6) is 11.6 Å². The van der Waals surface area contributed by atoms with Gasteiger partial charge in [0.2, 0.25) is 0 Å². The van der Waals surface area contributed by atoms with Crippen molar-refractivity contribution < 1.29 is 46.0 Å². The lowest BCUT2D eigenvalue weighted by Gasteiger charge is -2.41. The Balaban J connectivity index is 1.45. The first kappa shape index (κ1) is 25.1. The van der Waals surface area contributed by atoms with Gasteiger partial charge in [-0.15, -0.1) is 13.2 Å². The highest BCUT2D eigenvalue weighted by molar-refractivity contribution is 5.92. The van der Waals surface area contributed by atoms with Crippen molar-refractivity contribution in [2.45, 2.75) is 31.4 Å². The molecule has 2 unspecified atom stereocenters. The molecule has 12 heteroatoms. The molecule has 2 aliphatic rings. The van der Waals surface area contributed by atoms with Crippen LogP contribution in [0, 0.1) is 5.82 Å². The second-order valence-corrected chi connectivity index (χ2v) is 7.89. The maximum atomic E-state index is 13.8. The summed E-state index contributed by atoms with van der Waals surface area (Å²) in [5.74, 6) is -0.701. The van der Waals surface area contributed by atoms with Crippen molar-refractivity contribution in [1.82, 2.24) is 9.88 Å². The summed E-state index contributed by atoms with van der Waals surface area (Å²) in [5, 5.41) is 0. The summed E-state index contributed by atoms with van der Waals surface area (Å²) >= 11 is 0. The van der Waals surface area contributed by atoms with Crippen molar-refractivity contribution >= 4 is 5.91 Å². The lowest BCUT2D eigenvalue weighted by atomic mass is 9.82. The summed E-state index contributed by atoms with van der Waals surface area (Å²) in [5.41, 5.74) is -0.122. The fourth-order valence-electron chi connectivity index (χ4n) is 4.19. The average molecular weight is 500 g/mol. The Labute approximate surface area is 198 Å². The van der Waals surface area contributed by atoms with Crippen molar-refractivity contribution in [2.75, 3.05) is 39.7 Å². The molecular formula is C23H24F4N2O6. The van der Waals surface area contributed by atoms with Gasteiger partial charge in [-0.05, 0) is 36.8 Å². The van der Waals surface area contributed by atoms with Gasteiger partial charge >= 0.3 is 6.36 Å². The van der Waals surface area contributed by atoms with Crippen LogP contribution < -0.4 is 9.47 Å². The van der Waals surface area contributed by atoms with Gasteiger partial charge in [0, 0.05) is 13.0 Å². The number of benzene rings is 1.